The van der Waals surface area contributed by atoms with E-state index in [1.54, 1.807) is 0 Å². The van der Waals surface area contributed by atoms with E-state index in [1.807, 2.05) is 13.8 Å². The first-order valence-electron chi connectivity index (χ1n) is 5.89. The zero-order valence-corrected chi connectivity index (χ0v) is 11.5. The van der Waals surface area contributed by atoms with Crippen LogP contribution in [0.3, 0.4) is 0 Å². The summed E-state index contributed by atoms with van der Waals surface area (Å²) in [6.07, 6.45) is 2.89. The van der Waals surface area contributed by atoms with Crippen molar-refractivity contribution in [2.24, 2.45) is 0 Å². The lowest BCUT2D eigenvalue weighted by molar-refractivity contribution is -0.121. The lowest BCUT2D eigenvalue weighted by Gasteiger charge is -2.13. The van der Waals surface area contributed by atoms with Gasteiger partial charge in [-0.15, -0.1) is 0 Å². The summed E-state index contributed by atoms with van der Waals surface area (Å²) in [5.74, 6) is -0.357. The van der Waals surface area contributed by atoms with E-state index in [0.717, 1.165) is 6.26 Å². The molecule has 0 aromatic rings. The van der Waals surface area contributed by atoms with Crippen LogP contribution in [0.15, 0.2) is 0 Å². The Morgan fingerprint density at radius 2 is 2.00 bits per heavy atom. The molecule has 1 fully saturated rings. The zero-order chi connectivity index (χ0) is 13.1. The molecule has 0 spiro atoms. The fraction of sp³-hybridized carbons (Fsp3) is 0.909. The molecule has 6 heteroatoms. The van der Waals surface area contributed by atoms with E-state index in [1.165, 1.54) is 0 Å². The van der Waals surface area contributed by atoms with E-state index < -0.39 is 14.6 Å². The van der Waals surface area contributed by atoms with Gasteiger partial charge in [-0.1, -0.05) is 0 Å². The Hall–Kier alpha value is -0.620. The van der Waals surface area contributed by atoms with Crippen LogP contribution in [0.2, 0.25) is 0 Å². The van der Waals surface area contributed by atoms with Crippen LogP contribution >= 0.6 is 0 Å². The predicted molar refractivity (Wildman–Crippen MR) is 65.5 cm³/mol. The standard InChI is InChI=1S/C11H21NO4S/c1-9(2)16-8-4-7-12-10(13)11(5-6-11)17(3,14)15/h9H,4-8H2,1-3H3,(H,12,13). The molecule has 1 amide bonds. The number of hydrogen-bond acceptors (Lipinski definition) is 4. The number of amides is 1. The van der Waals surface area contributed by atoms with Gasteiger partial charge in [0.1, 0.15) is 0 Å². The van der Waals surface area contributed by atoms with Gasteiger partial charge in [-0.2, -0.15) is 0 Å². The molecule has 1 N–H and O–H groups in total. The minimum absolute atomic E-state index is 0.177. The summed E-state index contributed by atoms with van der Waals surface area (Å²) in [7, 11) is -3.29. The summed E-state index contributed by atoms with van der Waals surface area (Å²) in [4.78, 5) is 11.7. The van der Waals surface area contributed by atoms with E-state index in [2.05, 4.69) is 5.32 Å². The molecular weight excluding hydrogens is 242 g/mol. The third-order valence-electron chi connectivity index (χ3n) is 2.89. The van der Waals surface area contributed by atoms with Gasteiger partial charge < -0.3 is 10.1 Å². The maximum Gasteiger partial charge on any atom is 0.241 e. The van der Waals surface area contributed by atoms with Crippen molar-refractivity contribution in [1.29, 1.82) is 0 Å². The number of rotatable bonds is 7. The lowest BCUT2D eigenvalue weighted by atomic mass is 10.3. The average molecular weight is 263 g/mol. The summed E-state index contributed by atoms with van der Waals surface area (Å²) in [6, 6.07) is 0. The van der Waals surface area contributed by atoms with Gasteiger partial charge in [-0.05, 0) is 33.1 Å². The van der Waals surface area contributed by atoms with Crippen LogP contribution in [-0.4, -0.2) is 44.6 Å². The van der Waals surface area contributed by atoms with Gasteiger partial charge >= 0.3 is 0 Å². The second-order valence-corrected chi connectivity index (χ2v) is 7.12. The molecule has 0 aliphatic heterocycles. The van der Waals surface area contributed by atoms with E-state index in [0.29, 0.717) is 32.4 Å². The van der Waals surface area contributed by atoms with Crippen LogP contribution in [-0.2, 0) is 19.4 Å². The highest BCUT2D eigenvalue weighted by Crippen LogP contribution is 2.43. The third kappa shape index (κ3) is 3.67. The van der Waals surface area contributed by atoms with Crippen LogP contribution in [0.4, 0.5) is 0 Å². The van der Waals surface area contributed by atoms with E-state index in [4.69, 9.17) is 4.74 Å². The van der Waals surface area contributed by atoms with E-state index in [-0.39, 0.29) is 12.0 Å². The largest absolute Gasteiger partial charge is 0.379 e. The van der Waals surface area contributed by atoms with Gasteiger partial charge in [-0.25, -0.2) is 8.42 Å². The van der Waals surface area contributed by atoms with E-state index >= 15 is 0 Å². The van der Waals surface area contributed by atoms with Crippen molar-refractivity contribution < 1.29 is 17.9 Å². The number of nitrogens with one attached hydrogen (secondary N) is 1. The number of carbonyl (C=O) groups is 1. The Labute approximate surface area is 103 Å². The Morgan fingerprint density at radius 3 is 2.41 bits per heavy atom. The second-order valence-electron chi connectivity index (χ2n) is 4.80. The van der Waals surface area contributed by atoms with Gasteiger partial charge in [0.15, 0.2) is 14.6 Å². The molecule has 0 atom stereocenters. The van der Waals surface area contributed by atoms with Crippen molar-refractivity contribution in [2.45, 2.75) is 44.0 Å². The van der Waals surface area contributed by atoms with Crippen molar-refractivity contribution >= 4 is 15.7 Å². The highest BCUT2D eigenvalue weighted by molar-refractivity contribution is 7.93. The van der Waals surface area contributed by atoms with Crippen molar-refractivity contribution in [3.8, 4) is 0 Å². The summed E-state index contributed by atoms with van der Waals surface area (Å²) < 4.78 is 27.1. The Kier molecular flexibility index (Phi) is 4.55. The molecule has 1 rings (SSSR count). The van der Waals surface area contributed by atoms with Gasteiger partial charge in [-0.3, -0.25) is 4.79 Å². The van der Waals surface area contributed by atoms with Crippen LogP contribution in [0.1, 0.15) is 33.1 Å². The normalized spacial score (nSPS) is 18.1. The quantitative estimate of drug-likeness (QED) is 0.679. The first-order valence-corrected chi connectivity index (χ1v) is 7.78. The maximum absolute atomic E-state index is 11.7. The number of carbonyl (C=O) groups excluding carboxylic acids is 1. The molecule has 1 saturated carbocycles. The minimum Gasteiger partial charge on any atom is -0.379 e. The van der Waals surface area contributed by atoms with Crippen LogP contribution < -0.4 is 5.32 Å². The van der Waals surface area contributed by atoms with Crippen molar-refractivity contribution in [2.75, 3.05) is 19.4 Å². The number of hydrogen-bond donors (Lipinski definition) is 1. The minimum atomic E-state index is -3.29. The fourth-order valence-electron chi connectivity index (χ4n) is 1.63. The molecular formula is C11H21NO4S. The highest BCUT2D eigenvalue weighted by Gasteiger charge is 2.58. The lowest BCUT2D eigenvalue weighted by Crippen LogP contribution is -2.42. The zero-order valence-electron chi connectivity index (χ0n) is 10.7. The van der Waals surface area contributed by atoms with Gasteiger partial charge in [0.25, 0.3) is 0 Å². The molecule has 100 valence electrons. The van der Waals surface area contributed by atoms with Crippen molar-refractivity contribution in [3.63, 3.8) is 0 Å². The fourth-order valence-corrected chi connectivity index (χ4v) is 2.89. The Bertz CT molecular complexity index is 371. The summed E-state index contributed by atoms with van der Waals surface area (Å²) in [5, 5.41) is 2.67. The molecule has 0 bridgehead atoms. The average Bonchev–Trinajstić information content (AvgIpc) is 2.95. The maximum atomic E-state index is 11.7. The topological polar surface area (TPSA) is 72.5 Å². The summed E-state index contributed by atoms with van der Waals surface area (Å²) >= 11 is 0. The SMILES string of the molecule is CC(C)OCCCNC(=O)C1(S(C)(=O)=O)CC1. The molecule has 0 unspecified atom stereocenters. The van der Waals surface area contributed by atoms with E-state index in [9.17, 15) is 13.2 Å². The van der Waals surface area contributed by atoms with Gasteiger partial charge in [0.05, 0.1) is 6.10 Å². The monoisotopic (exact) mass is 263 g/mol. The van der Waals surface area contributed by atoms with Gasteiger partial charge in [0.2, 0.25) is 5.91 Å². The summed E-state index contributed by atoms with van der Waals surface area (Å²) in [6.45, 7) is 4.93. The van der Waals surface area contributed by atoms with Crippen LogP contribution in [0.5, 0.6) is 0 Å². The highest BCUT2D eigenvalue weighted by atomic mass is 32.2. The third-order valence-corrected chi connectivity index (χ3v) is 4.90. The predicted octanol–water partition coefficient (Wildman–Crippen LogP) is 0.495. The van der Waals surface area contributed by atoms with Crippen molar-refractivity contribution in [3.05, 3.63) is 0 Å². The molecule has 5 nitrogen and oxygen atoms in total. The summed E-state index contributed by atoms with van der Waals surface area (Å²) in [5.41, 5.74) is 0. The molecule has 17 heavy (non-hydrogen) atoms. The first kappa shape index (κ1) is 14.4. The smallest absolute Gasteiger partial charge is 0.241 e. The molecule has 0 heterocycles. The number of sulfone groups is 1. The van der Waals surface area contributed by atoms with Crippen LogP contribution in [0.25, 0.3) is 0 Å². The molecule has 0 aromatic heterocycles. The molecule has 0 saturated heterocycles. The molecule has 0 radical (unpaired) electrons. The van der Waals surface area contributed by atoms with Crippen molar-refractivity contribution in [1.82, 2.24) is 5.32 Å². The molecule has 0 aromatic carbocycles. The molecule has 1 aliphatic carbocycles. The second kappa shape index (κ2) is 5.35. The Morgan fingerprint density at radius 1 is 1.41 bits per heavy atom. The van der Waals surface area contributed by atoms with Crippen LogP contribution in [0, 0.1) is 0 Å². The number of ether oxygens (including phenoxy) is 1. The van der Waals surface area contributed by atoms with Gasteiger partial charge in [0, 0.05) is 19.4 Å². The Balaban J connectivity index is 2.27. The first-order chi connectivity index (χ1) is 7.79. The molecule has 1 aliphatic rings.